The van der Waals surface area contributed by atoms with Crippen LogP contribution < -0.4 is 4.74 Å². The van der Waals surface area contributed by atoms with E-state index < -0.39 is 17.5 Å². The van der Waals surface area contributed by atoms with Crippen molar-refractivity contribution in [3.63, 3.8) is 0 Å². The maximum Gasteiger partial charge on any atom is 0.309 e. The van der Waals surface area contributed by atoms with Crippen molar-refractivity contribution < 1.29 is 24.5 Å². The second-order valence-electron chi connectivity index (χ2n) is 10.7. The summed E-state index contributed by atoms with van der Waals surface area (Å²) in [6.07, 6.45) is 2.88. The number of rotatable bonds is 9. The second kappa shape index (κ2) is 13.1. The van der Waals surface area contributed by atoms with Gasteiger partial charge in [0, 0.05) is 44.3 Å². The number of nitrogens with zero attached hydrogens (tertiary/aromatic N) is 3. The molecule has 5 rings (SSSR count). The standard InChI is InChI=1S/C31H37N3O5S/c1-38-24-6-7-27-26(20-24)29(23(21-32-27)22-34-15-17-39-18-16-34)28(35)8-9-31(30(36)37)10-13-33(14-11-31)12-2-4-25-5-3-19-40-25/h3,5-7,19-21,28,35H,8-18,22H2,1H3,(H,36,37)/t28-/m1/s1. The number of carboxylic acid groups (broad SMARTS) is 1. The van der Waals surface area contributed by atoms with Crippen molar-refractivity contribution in [3.8, 4) is 17.6 Å². The Morgan fingerprint density at radius 2 is 2.00 bits per heavy atom. The van der Waals surface area contributed by atoms with Gasteiger partial charge in [-0.1, -0.05) is 17.9 Å². The fourth-order valence-electron chi connectivity index (χ4n) is 5.74. The first-order valence-corrected chi connectivity index (χ1v) is 14.8. The van der Waals surface area contributed by atoms with Crippen molar-refractivity contribution in [2.24, 2.45) is 5.41 Å². The number of methoxy groups -OCH3 is 1. The third-order valence-corrected chi connectivity index (χ3v) is 9.01. The summed E-state index contributed by atoms with van der Waals surface area (Å²) in [7, 11) is 1.62. The van der Waals surface area contributed by atoms with Crippen LogP contribution in [-0.4, -0.2) is 84.0 Å². The van der Waals surface area contributed by atoms with Crippen molar-refractivity contribution in [1.29, 1.82) is 0 Å². The van der Waals surface area contributed by atoms with E-state index in [0.717, 1.165) is 40.0 Å². The Morgan fingerprint density at radius 3 is 2.70 bits per heavy atom. The minimum absolute atomic E-state index is 0.358. The number of hydrogen-bond donors (Lipinski definition) is 2. The van der Waals surface area contributed by atoms with E-state index in [0.29, 0.717) is 70.8 Å². The zero-order chi connectivity index (χ0) is 28.0. The number of fused-ring (bicyclic) bond motifs is 1. The quantitative estimate of drug-likeness (QED) is 0.375. The number of hydrogen-bond acceptors (Lipinski definition) is 8. The van der Waals surface area contributed by atoms with E-state index >= 15 is 0 Å². The molecule has 212 valence electrons. The molecule has 0 unspecified atom stereocenters. The molecule has 0 radical (unpaired) electrons. The Hall–Kier alpha value is -3.00. The third kappa shape index (κ3) is 6.65. The summed E-state index contributed by atoms with van der Waals surface area (Å²) in [5, 5.41) is 24.8. The molecular weight excluding hydrogens is 526 g/mol. The van der Waals surface area contributed by atoms with Crippen molar-refractivity contribution >= 4 is 28.2 Å². The van der Waals surface area contributed by atoms with Gasteiger partial charge in [-0.2, -0.15) is 0 Å². The zero-order valence-electron chi connectivity index (χ0n) is 23.0. The number of aliphatic hydroxyl groups is 1. The zero-order valence-corrected chi connectivity index (χ0v) is 23.8. The van der Waals surface area contributed by atoms with Gasteiger partial charge in [0.05, 0.1) is 48.8 Å². The highest BCUT2D eigenvalue weighted by Crippen LogP contribution is 2.40. The van der Waals surface area contributed by atoms with Crippen LogP contribution >= 0.6 is 11.3 Å². The summed E-state index contributed by atoms with van der Waals surface area (Å²) >= 11 is 1.62. The van der Waals surface area contributed by atoms with Crippen molar-refractivity contribution in [2.75, 3.05) is 53.0 Å². The van der Waals surface area contributed by atoms with Crippen LogP contribution in [0.1, 0.15) is 47.8 Å². The van der Waals surface area contributed by atoms with Gasteiger partial charge in [-0.15, -0.1) is 11.3 Å². The predicted octanol–water partition coefficient (Wildman–Crippen LogP) is 4.17. The number of carboxylic acids is 1. The largest absolute Gasteiger partial charge is 0.497 e. The van der Waals surface area contributed by atoms with Gasteiger partial charge in [-0.3, -0.25) is 19.6 Å². The van der Waals surface area contributed by atoms with Crippen LogP contribution in [-0.2, 0) is 16.1 Å². The average Bonchev–Trinajstić information content (AvgIpc) is 3.50. The molecule has 9 heteroatoms. The van der Waals surface area contributed by atoms with E-state index in [1.807, 2.05) is 41.9 Å². The molecule has 0 amide bonds. The van der Waals surface area contributed by atoms with E-state index in [4.69, 9.17) is 9.47 Å². The number of thiophene rings is 1. The highest BCUT2D eigenvalue weighted by molar-refractivity contribution is 7.10. The molecule has 4 heterocycles. The SMILES string of the molecule is COc1ccc2ncc(CN3CCOCC3)c([C@H](O)CCC3(C(=O)O)CCN(CC#Cc4cccs4)CC3)c2c1. The number of piperidine rings is 1. The summed E-state index contributed by atoms with van der Waals surface area (Å²) in [5.41, 5.74) is 1.70. The van der Waals surface area contributed by atoms with Crippen molar-refractivity contribution in [3.05, 3.63) is 57.9 Å². The number of aliphatic hydroxyl groups excluding tert-OH is 1. The number of benzene rings is 1. The Kier molecular flexibility index (Phi) is 9.35. The number of aromatic nitrogens is 1. The molecule has 2 aliphatic rings. The topological polar surface area (TPSA) is 95.4 Å². The fraction of sp³-hybridized carbons (Fsp3) is 0.484. The lowest BCUT2D eigenvalue weighted by Crippen LogP contribution is -2.44. The first kappa shape index (κ1) is 28.5. The van der Waals surface area contributed by atoms with Gasteiger partial charge < -0.3 is 19.7 Å². The molecule has 2 N–H and O–H groups in total. The first-order valence-electron chi connectivity index (χ1n) is 13.9. The van der Waals surface area contributed by atoms with Gasteiger partial charge in [-0.25, -0.2) is 0 Å². The van der Waals surface area contributed by atoms with Gasteiger partial charge in [0.25, 0.3) is 0 Å². The van der Waals surface area contributed by atoms with E-state index in [1.54, 1.807) is 18.4 Å². The third-order valence-electron chi connectivity index (χ3n) is 8.23. The van der Waals surface area contributed by atoms with Crippen LogP contribution in [0, 0.1) is 17.3 Å². The monoisotopic (exact) mass is 563 g/mol. The van der Waals surface area contributed by atoms with Gasteiger partial charge in [0.1, 0.15) is 5.75 Å². The molecule has 2 fully saturated rings. The van der Waals surface area contributed by atoms with Crippen LogP contribution in [0.4, 0.5) is 0 Å². The van der Waals surface area contributed by atoms with Crippen LogP contribution in [0.2, 0.25) is 0 Å². The minimum atomic E-state index is -0.858. The Labute approximate surface area is 239 Å². The van der Waals surface area contributed by atoms with Crippen molar-refractivity contribution in [1.82, 2.24) is 14.8 Å². The molecule has 8 nitrogen and oxygen atoms in total. The van der Waals surface area contributed by atoms with Gasteiger partial charge in [-0.05, 0) is 66.5 Å². The summed E-state index contributed by atoms with van der Waals surface area (Å²) in [5.74, 6) is 6.32. The lowest BCUT2D eigenvalue weighted by Gasteiger charge is -2.38. The lowest BCUT2D eigenvalue weighted by atomic mass is 9.73. The molecule has 0 saturated carbocycles. The van der Waals surface area contributed by atoms with E-state index in [9.17, 15) is 15.0 Å². The number of ether oxygens (including phenoxy) is 2. The normalized spacial score (nSPS) is 18.6. The highest BCUT2D eigenvalue weighted by atomic mass is 32.1. The van der Waals surface area contributed by atoms with E-state index in [1.165, 1.54) is 0 Å². The van der Waals surface area contributed by atoms with Crippen LogP contribution in [0.3, 0.4) is 0 Å². The van der Waals surface area contributed by atoms with Crippen LogP contribution in [0.25, 0.3) is 10.9 Å². The molecule has 1 aromatic carbocycles. The predicted molar refractivity (Wildman–Crippen MR) is 156 cm³/mol. The summed E-state index contributed by atoms with van der Waals surface area (Å²) < 4.78 is 11.0. The summed E-state index contributed by atoms with van der Waals surface area (Å²) in [4.78, 5) is 22.8. The molecule has 2 aliphatic heterocycles. The Morgan fingerprint density at radius 1 is 1.20 bits per heavy atom. The van der Waals surface area contributed by atoms with E-state index in [-0.39, 0.29) is 0 Å². The number of aliphatic carboxylic acids is 1. The number of likely N-dealkylation sites (tertiary alicyclic amines) is 1. The molecule has 0 bridgehead atoms. The average molecular weight is 564 g/mol. The minimum Gasteiger partial charge on any atom is -0.497 e. The summed E-state index contributed by atoms with van der Waals surface area (Å²) in [6.45, 7) is 5.66. The molecular formula is C31H37N3O5S. The van der Waals surface area contributed by atoms with Gasteiger partial charge in [0.2, 0.25) is 0 Å². The maximum absolute atomic E-state index is 12.6. The van der Waals surface area contributed by atoms with Crippen LogP contribution in [0.5, 0.6) is 5.75 Å². The highest BCUT2D eigenvalue weighted by Gasteiger charge is 2.41. The molecule has 40 heavy (non-hydrogen) atoms. The number of morpholine rings is 1. The van der Waals surface area contributed by atoms with E-state index in [2.05, 4.69) is 26.6 Å². The second-order valence-corrected chi connectivity index (χ2v) is 11.6. The Balaban J connectivity index is 1.31. The maximum atomic E-state index is 12.6. The summed E-state index contributed by atoms with van der Waals surface area (Å²) in [6, 6.07) is 9.68. The molecule has 0 aliphatic carbocycles. The molecule has 1 atom stereocenters. The smallest absolute Gasteiger partial charge is 0.309 e. The molecule has 0 spiro atoms. The molecule has 3 aromatic rings. The van der Waals surface area contributed by atoms with Crippen LogP contribution in [0.15, 0.2) is 41.9 Å². The fourth-order valence-corrected chi connectivity index (χ4v) is 6.33. The van der Waals surface area contributed by atoms with Gasteiger partial charge >= 0.3 is 5.97 Å². The molecule has 2 aromatic heterocycles. The first-order chi connectivity index (χ1) is 19.5. The number of pyridine rings is 1. The van der Waals surface area contributed by atoms with Gasteiger partial charge in [0.15, 0.2) is 0 Å². The Bertz CT molecular complexity index is 1350. The lowest BCUT2D eigenvalue weighted by molar-refractivity contribution is -0.153. The molecule has 2 saturated heterocycles. The number of carbonyl (C=O) groups is 1. The van der Waals surface area contributed by atoms with Crippen molar-refractivity contribution in [2.45, 2.75) is 38.3 Å².